The fourth-order valence-electron chi connectivity index (χ4n) is 1.14. The number of thioether (sulfide) groups is 1. The minimum absolute atomic E-state index is 0.968. The maximum absolute atomic E-state index is 3.29. The van der Waals surface area contributed by atoms with Crippen molar-refractivity contribution in [2.45, 2.75) is 29.8 Å². The molecule has 1 aliphatic carbocycles. The number of nitrogens with one attached hydrogen (secondary N) is 1. The van der Waals surface area contributed by atoms with Gasteiger partial charge in [0.2, 0.25) is 0 Å². The van der Waals surface area contributed by atoms with Gasteiger partial charge in [-0.05, 0) is 12.8 Å². The Hall–Kier alpha value is 0.310. The van der Waals surface area contributed by atoms with Crippen molar-refractivity contribution in [1.82, 2.24) is 5.32 Å². The summed E-state index contributed by atoms with van der Waals surface area (Å²) >= 11 is 2.21. The van der Waals surface area contributed by atoms with E-state index in [-0.39, 0.29) is 0 Å². The van der Waals surface area contributed by atoms with Crippen LogP contribution in [-0.4, -0.2) is 23.6 Å². The summed E-state index contributed by atoms with van der Waals surface area (Å²) < 4.78 is 0. The van der Waals surface area contributed by atoms with Crippen molar-refractivity contribution >= 4 is 11.8 Å². The van der Waals surface area contributed by atoms with Gasteiger partial charge in [-0.1, -0.05) is 6.42 Å². The predicted octanol–water partition coefficient (Wildman–Crippen LogP) is 1.24. The average molecular weight is 143 g/mol. The molecule has 0 amide bonds. The molecule has 0 radical (unpaired) electrons. The van der Waals surface area contributed by atoms with Crippen LogP contribution >= 0.6 is 11.8 Å². The highest BCUT2D eigenvalue weighted by Crippen LogP contribution is 2.34. The van der Waals surface area contributed by atoms with E-state index in [4.69, 9.17) is 0 Å². The largest absolute Gasteiger partial charge is 0.314 e. The van der Waals surface area contributed by atoms with Crippen molar-refractivity contribution in [2.75, 3.05) is 13.1 Å². The molecule has 0 aromatic carbocycles. The first-order chi connectivity index (χ1) is 4.45. The molecular formula is C7H13NS. The van der Waals surface area contributed by atoms with Gasteiger partial charge >= 0.3 is 0 Å². The summed E-state index contributed by atoms with van der Waals surface area (Å²) in [5.41, 5.74) is 0. The maximum atomic E-state index is 3.29. The molecule has 0 unspecified atom stereocenters. The first-order valence-corrected chi connectivity index (χ1v) is 4.75. The van der Waals surface area contributed by atoms with E-state index in [1.165, 1.54) is 32.4 Å². The molecule has 0 bridgehead atoms. The van der Waals surface area contributed by atoms with Gasteiger partial charge in [-0.3, -0.25) is 0 Å². The minimum atomic E-state index is 0.968. The Morgan fingerprint density at radius 3 is 2.22 bits per heavy atom. The summed E-state index contributed by atoms with van der Waals surface area (Å²) in [6.45, 7) is 2.53. The van der Waals surface area contributed by atoms with Crippen LogP contribution < -0.4 is 5.32 Å². The number of hydrogen-bond acceptors (Lipinski definition) is 2. The van der Waals surface area contributed by atoms with Crippen LogP contribution in [-0.2, 0) is 0 Å². The Balaban J connectivity index is 1.64. The molecule has 1 N–H and O–H groups in total. The van der Waals surface area contributed by atoms with E-state index in [1.807, 2.05) is 0 Å². The lowest BCUT2D eigenvalue weighted by Gasteiger charge is -2.34. The molecule has 0 atom stereocenters. The van der Waals surface area contributed by atoms with Gasteiger partial charge in [0.15, 0.2) is 0 Å². The van der Waals surface area contributed by atoms with Crippen LogP contribution in [0.15, 0.2) is 0 Å². The molecule has 2 heteroatoms. The van der Waals surface area contributed by atoms with Crippen LogP contribution in [0, 0.1) is 0 Å². The molecule has 1 nitrogen and oxygen atoms in total. The highest BCUT2D eigenvalue weighted by molar-refractivity contribution is 8.00. The highest BCUT2D eigenvalue weighted by atomic mass is 32.2. The molecule has 0 spiro atoms. The van der Waals surface area contributed by atoms with E-state index in [0.717, 1.165) is 10.5 Å². The van der Waals surface area contributed by atoms with Gasteiger partial charge in [0, 0.05) is 23.6 Å². The van der Waals surface area contributed by atoms with E-state index in [0.29, 0.717) is 0 Å². The second kappa shape index (κ2) is 2.51. The molecule has 2 fully saturated rings. The summed E-state index contributed by atoms with van der Waals surface area (Å²) in [5, 5.41) is 5.30. The quantitative estimate of drug-likeness (QED) is 0.624. The molecule has 2 rings (SSSR count). The molecule has 0 aromatic heterocycles. The van der Waals surface area contributed by atoms with Crippen molar-refractivity contribution in [3.8, 4) is 0 Å². The maximum Gasteiger partial charge on any atom is 0.0300 e. The van der Waals surface area contributed by atoms with Crippen LogP contribution in [0.2, 0.25) is 0 Å². The Labute approximate surface area is 60.6 Å². The van der Waals surface area contributed by atoms with Crippen molar-refractivity contribution in [3.63, 3.8) is 0 Å². The van der Waals surface area contributed by atoms with Gasteiger partial charge in [0.05, 0.1) is 0 Å². The second-order valence-corrected chi connectivity index (χ2v) is 4.57. The van der Waals surface area contributed by atoms with Crippen molar-refractivity contribution in [3.05, 3.63) is 0 Å². The molecule has 1 aliphatic heterocycles. The zero-order chi connectivity index (χ0) is 6.10. The second-order valence-electron chi connectivity index (χ2n) is 2.97. The third kappa shape index (κ3) is 1.24. The van der Waals surface area contributed by atoms with Gasteiger partial charge < -0.3 is 5.32 Å². The SMILES string of the molecule is C1CC(SC2CNC2)C1. The lowest BCUT2D eigenvalue weighted by atomic mass is 10.00. The first-order valence-electron chi connectivity index (χ1n) is 3.81. The molecule has 1 saturated heterocycles. The van der Waals surface area contributed by atoms with Crippen LogP contribution in [0.4, 0.5) is 0 Å². The fraction of sp³-hybridized carbons (Fsp3) is 1.00. The number of rotatable bonds is 2. The van der Waals surface area contributed by atoms with Crippen LogP contribution in [0.1, 0.15) is 19.3 Å². The molecular weight excluding hydrogens is 130 g/mol. The Morgan fingerprint density at radius 1 is 1.11 bits per heavy atom. The summed E-state index contributed by atoms with van der Waals surface area (Å²) in [7, 11) is 0. The van der Waals surface area contributed by atoms with Crippen LogP contribution in [0.25, 0.3) is 0 Å². The first kappa shape index (κ1) is 6.05. The molecule has 0 aromatic rings. The van der Waals surface area contributed by atoms with Gasteiger partial charge in [-0.15, -0.1) is 0 Å². The van der Waals surface area contributed by atoms with Crippen molar-refractivity contribution < 1.29 is 0 Å². The summed E-state index contributed by atoms with van der Waals surface area (Å²) in [4.78, 5) is 0. The molecule has 1 saturated carbocycles. The van der Waals surface area contributed by atoms with Gasteiger partial charge in [0.1, 0.15) is 0 Å². The zero-order valence-electron chi connectivity index (χ0n) is 5.60. The summed E-state index contributed by atoms with van der Waals surface area (Å²) in [6, 6.07) is 0. The third-order valence-corrected chi connectivity index (χ3v) is 3.76. The summed E-state index contributed by atoms with van der Waals surface area (Å²) in [5.74, 6) is 0. The minimum Gasteiger partial charge on any atom is -0.314 e. The topological polar surface area (TPSA) is 12.0 Å². The molecule has 2 aliphatic rings. The Bertz CT molecular complexity index is 85.1. The summed E-state index contributed by atoms with van der Waals surface area (Å²) in [6.07, 6.45) is 4.46. The van der Waals surface area contributed by atoms with Gasteiger partial charge in [-0.25, -0.2) is 0 Å². The van der Waals surface area contributed by atoms with Crippen molar-refractivity contribution in [2.24, 2.45) is 0 Å². The van der Waals surface area contributed by atoms with E-state index in [9.17, 15) is 0 Å². The monoisotopic (exact) mass is 143 g/mol. The highest BCUT2D eigenvalue weighted by Gasteiger charge is 2.25. The normalized spacial score (nSPS) is 29.3. The number of hydrogen-bond donors (Lipinski definition) is 1. The lowest BCUT2D eigenvalue weighted by molar-refractivity contribution is 0.501. The van der Waals surface area contributed by atoms with E-state index in [2.05, 4.69) is 17.1 Å². The molecule has 1 heterocycles. The van der Waals surface area contributed by atoms with E-state index >= 15 is 0 Å². The molecule has 52 valence electrons. The Morgan fingerprint density at radius 2 is 1.89 bits per heavy atom. The van der Waals surface area contributed by atoms with Gasteiger partial charge in [0.25, 0.3) is 0 Å². The van der Waals surface area contributed by atoms with Crippen molar-refractivity contribution in [1.29, 1.82) is 0 Å². The average Bonchev–Trinajstić information content (AvgIpc) is 1.57. The van der Waals surface area contributed by atoms with Crippen LogP contribution in [0.3, 0.4) is 0 Å². The lowest BCUT2D eigenvalue weighted by Crippen LogP contribution is -2.46. The molecule has 9 heavy (non-hydrogen) atoms. The fourth-order valence-corrected chi connectivity index (χ4v) is 2.72. The predicted molar refractivity (Wildman–Crippen MR) is 41.9 cm³/mol. The zero-order valence-corrected chi connectivity index (χ0v) is 6.41. The van der Waals surface area contributed by atoms with E-state index in [1.54, 1.807) is 0 Å². The smallest absolute Gasteiger partial charge is 0.0300 e. The Kier molecular flexibility index (Phi) is 1.68. The van der Waals surface area contributed by atoms with E-state index < -0.39 is 0 Å². The van der Waals surface area contributed by atoms with Crippen LogP contribution in [0.5, 0.6) is 0 Å². The standard InChI is InChI=1S/C7H13NS/c1-2-6(3-1)9-7-4-8-5-7/h6-8H,1-5H2. The van der Waals surface area contributed by atoms with Gasteiger partial charge in [-0.2, -0.15) is 11.8 Å². The third-order valence-electron chi connectivity index (χ3n) is 2.18.